The van der Waals surface area contributed by atoms with Crippen molar-refractivity contribution < 1.29 is 14.9 Å². The second-order valence-corrected chi connectivity index (χ2v) is 4.20. The monoisotopic (exact) mass is 261 g/mol. The Bertz CT molecular complexity index is 572. The number of nitrogen functional groups attached to an aromatic ring is 1. The highest BCUT2D eigenvalue weighted by Crippen LogP contribution is 2.30. The largest absolute Gasteiger partial charge is 0.394 e. The summed E-state index contributed by atoms with van der Waals surface area (Å²) in [5, 5.41) is 18.8. The topological polar surface area (TPSA) is 119 Å². The van der Waals surface area contributed by atoms with Gasteiger partial charge in [0.15, 0.2) is 11.5 Å². The number of aromatic nitrogens is 4. The van der Waals surface area contributed by atoms with Gasteiger partial charge in [-0.3, -0.25) is 4.57 Å². The van der Waals surface area contributed by atoms with Crippen LogP contribution in [0.3, 0.4) is 0 Å². The predicted molar refractivity (Wildman–Crippen MR) is 61.4 cm³/mol. The van der Waals surface area contributed by atoms with E-state index in [1.165, 1.54) is 6.33 Å². The van der Waals surface area contributed by atoms with Crippen molar-refractivity contribution >= 4 is 17.0 Å². The maximum Gasteiger partial charge on any atom is 0.167 e. The normalized spacial score (nSPS) is 28.0. The Kier molecular flexibility index (Phi) is 2.62. The van der Waals surface area contributed by atoms with E-state index in [4.69, 9.17) is 15.6 Å². The van der Waals surface area contributed by atoms with Crippen molar-refractivity contribution in [3.63, 3.8) is 0 Å². The second kappa shape index (κ2) is 4.16. The lowest BCUT2D eigenvalue weighted by Crippen LogP contribution is -2.24. The third kappa shape index (κ3) is 1.62. The summed E-state index contributed by atoms with van der Waals surface area (Å²) in [4.78, 5) is 12.1. The van der Waals surface area contributed by atoms with Crippen LogP contribution in [0.1, 0.15) is 12.6 Å². The molecule has 1 aliphatic rings. The van der Waals surface area contributed by atoms with E-state index in [1.807, 2.05) is 0 Å². The molecule has 4 N–H and O–H groups in total. The number of imidazole rings is 1. The van der Waals surface area contributed by atoms with Crippen molar-refractivity contribution in [1.29, 1.82) is 0 Å². The minimum absolute atomic E-state index is 0.221. The standard InChI is InChI=1S/C10H13N5O3/c11-9-8-10(13-3-12-9)15(4-14-8)7-1-5(17)6(2-16)18-7/h3-7,16-17H,1-2H2,(H2,11,12,13)/t5-,6-,7-/m1/s1/i1+1,2+1,3+1,4+1,5+1,6+1,7+1,8+1,9+1,10+1. The summed E-state index contributed by atoms with van der Waals surface area (Å²) >= 11 is 0. The minimum Gasteiger partial charge on any atom is -0.394 e. The molecule has 0 aliphatic carbocycles. The molecule has 2 aromatic heterocycles. The van der Waals surface area contributed by atoms with Crippen LogP contribution in [0.5, 0.6) is 0 Å². The molecule has 0 spiro atoms. The zero-order valence-corrected chi connectivity index (χ0v) is 9.47. The summed E-state index contributed by atoms with van der Waals surface area (Å²) in [6.07, 6.45) is 1.60. The van der Waals surface area contributed by atoms with Gasteiger partial charge in [-0.1, -0.05) is 0 Å². The molecule has 3 atom stereocenters. The van der Waals surface area contributed by atoms with E-state index in [-0.39, 0.29) is 6.61 Å². The fourth-order valence-corrected chi connectivity index (χ4v) is 2.13. The Hall–Kier alpha value is -1.77. The van der Waals surface area contributed by atoms with Gasteiger partial charge >= 0.3 is 0 Å². The Morgan fingerprint density at radius 3 is 3.00 bits per heavy atom. The predicted octanol–water partition coefficient (Wildman–Crippen LogP) is -0.951. The van der Waals surface area contributed by atoms with E-state index < -0.39 is 18.4 Å². The smallest absolute Gasteiger partial charge is 0.167 e. The van der Waals surface area contributed by atoms with Gasteiger partial charge in [-0.2, -0.15) is 0 Å². The first-order valence-electron chi connectivity index (χ1n) is 5.58. The maximum absolute atomic E-state index is 9.71. The molecule has 3 rings (SSSR count). The molecule has 0 amide bonds. The van der Waals surface area contributed by atoms with Gasteiger partial charge in [0.1, 0.15) is 24.2 Å². The molecule has 0 unspecified atom stereocenters. The van der Waals surface area contributed by atoms with Crippen molar-refractivity contribution in [3.8, 4) is 0 Å². The number of ether oxygens (including phenoxy) is 1. The number of fused-ring (bicyclic) bond motifs is 1. The van der Waals surface area contributed by atoms with Crippen LogP contribution < -0.4 is 5.73 Å². The zero-order valence-electron chi connectivity index (χ0n) is 9.47. The van der Waals surface area contributed by atoms with Crippen molar-refractivity contribution in [2.75, 3.05) is 12.3 Å². The average Bonchev–Trinajstić information content (AvgIpc) is 2.93. The number of anilines is 1. The highest BCUT2D eigenvalue weighted by Gasteiger charge is 2.35. The first-order chi connectivity index (χ1) is 8.70. The summed E-state index contributed by atoms with van der Waals surface area (Å²) in [5.74, 6) is 0.302. The van der Waals surface area contributed by atoms with Crippen LogP contribution >= 0.6 is 0 Å². The van der Waals surface area contributed by atoms with Crippen LogP contribution in [0.2, 0.25) is 0 Å². The third-order valence-electron chi connectivity index (χ3n) is 3.08. The van der Waals surface area contributed by atoms with Crippen LogP contribution in [-0.2, 0) is 4.74 Å². The van der Waals surface area contributed by atoms with Crippen LogP contribution in [-0.4, -0.2) is 48.5 Å². The molecule has 0 radical (unpaired) electrons. The molecule has 1 aliphatic heterocycles. The Morgan fingerprint density at radius 1 is 1.44 bits per heavy atom. The highest BCUT2D eigenvalue weighted by atomic mass is 16.7. The van der Waals surface area contributed by atoms with Gasteiger partial charge < -0.3 is 20.7 Å². The van der Waals surface area contributed by atoms with Crippen molar-refractivity contribution in [1.82, 2.24) is 19.5 Å². The molecule has 0 aromatic carbocycles. The average molecular weight is 261 g/mol. The Labute approximate surface area is 102 Å². The van der Waals surface area contributed by atoms with Crippen molar-refractivity contribution in [3.05, 3.63) is 12.7 Å². The van der Waals surface area contributed by atoms with Crippen LogP contribution in [0.4, 0.5) is 5.82 Å². The van der Waals surface area contributed by atoms with E-state index in [9.17, 15) is 5.11 Å². The summed E-state index contributed by atoms with van der Waals surface area (Å²) in [6.45, 7) is -0.221. The lowest BCUT2D eigenvalue weighted by molar-refractivity contribution is -0.0432. The Balaban J connectivity index is 1.99. The van der Waals surface area contributed by atoms with E-state index in [1.54, 1.807) is 10.9 Å². The number of aliphatic hydroxyl groups is 2. The number of aliphatic hydroxyl groups excluding tert-OH is 2. The van der Waals surface area contributed by atoms with Gasteiger partial charge in [0.25, 0.3) is 0 Å². The van der Waals surface area contributed by atoms with Crippen molar-refractivity contribution in [2.45, 2.75) is 24.9 Å². The molecule has 0 bridgehead atoms. The molecule has 3 heterocycles. The minimum atomic E-state index is -0.698. The van der Waals surface area contributed by atoms with Gasteiger partial charge in [0.05, 0.1) is 19.0 Å². The van der Waals surface area contributed by atoms with E-state index in [0.717, 1.165) is 0 Å². The summed E-state index contributed by atoms with van der Waals surface area (Å²) < 4.78 is 7.22. The van der Waals surface area contributed by atoms with Crippen molar-refractivity contribution in [2.24, 2.45) is 0 Å². The van der Waals surface area contributed by atoms with Crippen LogP contribution in [0.15, 0.2) is 12.7 Å². The summed E-state index contributed by atoms with van der Waals surface area (Å²) in [7, 11) is 0. The van der Waals surface area contributed by atoms with Gasteiger partial charge in [0.2, 0.25) is 0 Å². The number of nitrogens with two attached hydrogens (primary N) is 1. The number of hydrogen-bond acceptors (Lipinski definition) is 7. The molecule has 1 saturated heterocycles. The van der Waals surface area contributed by atoms with E-state index >= 15 is 0 Å². The Morgan fingerprint density at radius 2 is 2.28 bits per heavy atom. The summed E-state index contributed by atoms with van der Waals surface area (Å²) in [6, 6.07) is 0. The first-order valence-corrected chi connectivity index (χ1v) is 5.58. The van der Waals surface area contributed by atoms with Gasteiger partial charge in [-0.25, -0.2) is 15.0 Å². The number of hydrogen-bond donors (Lipinski definition) is 3. The molecular formula is C10H13N5O3. The van der Waals surface area contributed by atoms with Gasteiger partial charge in [-0.15, -0.1) is 0 Å². The fourth-order valence-electron chi connectivity index (χ4n) is 2.13. The lowest BCUT2D eigenvalue weighted by Gasteiger charge is -2.13. The molecule has 1 fully saturated rings. The molecule has 2 aromatic rings. The molecule has 96 valence electrons. The molecule has 0 saturated carbocycles. The molecular weight excluding hydrogens is 248 g/mol. The second-order valence-electron chi connectivity index (χ2n) is 4.20. The van der Waals surface area contributed by atoms with Gasteiger partial charge in [-0.05, 0) is 0 Å². The third-order valence-corrected chi connectivity index (χ3v) is 3.08. The fraction of sp³-hybridized carbons (Fsp3) is 0.500. The highest BCUT2D eigenvalue weighted by molar-refractivity contribution is 5.81. The van der Waals surface area contributed by atoms with Crippen LogP contribution in [0, 0.1) is 0 Å². The van der Waals surface area contributed by atoms with E-state index in [0.29, 0.717) is 23.4 Å². The van der Waals surface area contributed by atoms with Gasteiger partial charge in [0, 0.05) is 6.42 Å². The SMILES string of the molecule is N[13c]1n[13cH]n[13c]2[13c]1n[13cH]n2[13C@H]1[13CH2][13C@@H](O)[13C@@H]([13CH2]O)O1. The van der Waals surface area contributed by atoms with Crippen LogP contribution in [0.25, 0.3) is 11.2 Å². The quantitative estimate of drug-likeness (QED) is 0.596. The number of nitrogens with zero attached hydrogens (tertiary/aromatic N) is 4. The zero-order chi connectivity index (χ0) is 12.7. The number of rotatable bonds is 2. The molecule has 8 nitrogen and oxygen atoms in total. The van der Waals surface area contributed by atoms with E-state index in [2.05, 4.69) is 15.0 Å². The molecule has 18 heavy (non-hydrogen) atoms. The summed E-state index contributed by atoms with van der Waals surface area (Å²) in [5.41, 5.74) is 6.75. The maximum atomic E-state index is 9.71. The first kappa shape index (κ1) is 11.3. The molecule has 8 heteroatoms. The lowest BCUT2D eigenvalue weighted by atomic mass is 11.1.